The number of unbranched alkanes of at least 4 members (excludes halogenated alkanes) is 7. The zero-order valence-electron chi connectivity index (χ0n) is 18.7. The summed E-state index contributed by atoms with van der Waals surface area (Å²) in [4.78, 5) is 20.2. The van der Waals surface area contributed by atoms with Gasteiger partial charge < -0.3 is 4.90 Å². The molecule has 3 aromatic rings. The van der Waals surface area contributed by atoms with Crippen LogP contribution in [0.4, 0.5) is 5.69 Å². The van der Waals surface area contributed by atoms with Crippen molar-refractivity contribution >= 4 is 16.6 Å². The van der Waals surface area contributed by atoms with E-state index < -0.39 is 0 Å². The van der Waals surface area contributed by atoms with Crippen molar-refractivity contribution in [3.8, 4) is 11.4 Å². The lowest BCUT2D eigenvalue weighted by molar-refractivity contribution is 0.538. The number of hydrogen-bond donors (Lipinski definition) is 0. The molecular formula is C26H35N3O. The van der Waals surface area contributed by atoms with E-state index in [0.29, 0.717) is 5.39 Å². The van der Waals surface area contributed by atoms with E-state index in [9.17, 15) is 4.79 Å². The number of aromatic nitrogens is 2. The van der Waals surface area contributed by atoms with Gasteiger partial charge in [-0.05, 0) is 42.8 Å². The van der Waals surface area contributed by atoms with Crippen LogP contribution in [0.3, 0.4) is 0 Å². The number of hydrogen-bond acceptors (Lipinski definition) is 3. The van der Waals surface area contributed by atoms with Gasteiger partial charge in [0.15, 0.2) is 0 Å². The summed E-state index contributed by atoms with van der Waals surface area (Å²) >= 11 is 0. The summed E-state index contributed by atoms with van der Waals surface area (Å²) in [7, 11) is 4.06. The van der Waals surface area contributed by atoms with Gasteiger partial charge in [0.2, 0.25) is 0 Å². The largest absolute Gasteiger partial charge is 0.378 e. The van der Waals surface area contributed by atoms with Crippen LogP contribution in [0.15, 0.2) is 53.3 Å². The Kier molecular flexibility index (Phi) is 8.06. The molecule has 0 aliphatic carbocycles. The van der Waals surface area contributed by atoms with E-state index in [4.69, 9.17) is 4.98 Å². The van der Waals surface area contributed by atoms with Gasteiger partial charge in [0.05, 0.1) is 10.9 Å². The molecule has 0 N–H and O–H groups in total. The molecule has 3 rings (SSSR count). The highest BCUT2D eigenvalue weighted by Crippen LogP contribution is 2.22. The topological polar surface area (TPSA) is 38.1 Å². The fourth-order valence-electron chi connectivity index (χ4n) is 3.91. The molecule has 0 aliphatic heterocycles. The molecule has 4 nitrogen and oxygen atoms in total. The van der Waals surface area contributed by atoms with E-state index in [1.54, 1.807) is 0 Å². The molecule has 2 aromatic carbocycles. The second-order valence-corrected chi connectivity index (χ2v) is 8.33. The first-order chi connectivity index (χ1) is 14.6. The smallest absolute Gasteiger partial charge is 0.261 e. The SMILES string of the molecule is CCCCCCCCCCn1c(-c2ccc(N(C)C)cc2)nc2ccccc2c1=O. The summed E-state index contributed by atoms with van der Waals surface area (Å²) in [5.41, 5.74) is 2.95. The van der Waals surface area contributed by atoms with Crippen LogP contribution in [0, 0.1) is 0 Å². The van der Waals surface area contributed by atoms with E-state index >= 15 is 0 Å². The third kappa shape index (κ3) is 5.50. The Hall–Kier alpha value is -2.62. The molecule has 1 heterocycles. The van der Waals surface area contributed by atoms with Crippen molar-refractivity contribution in [3.63, 3.8) is 0 Å². The zero-order chi connectivity index (χ0) is 21.3. The molecule has 0 saturated carbocycles. The van der Waals surface area contributed by atoms with E-state index in [-0.39, 0.29) is 5.56 Å². The Bertz CT molecular complexity index is 989. The lowest BCUT2D eigenvalue weighted by atomic mass is 10.1. The maximum atomic E-state index is 13.3. The van der Waals surface area contributed by atoms with Crippen molar-refractivity contribution in [2.45, 2.75) is 64.8 Å². The van der Waals surface area contributed by atoms with E-state index in [2.05, 4.69) is 36.1 Å². The Labute approximate surface area is 180 Å². The van der Waals surface area contributed by atoms with Gasteiger partial charge in [0.1, 0.15) is 5.82 Å². The zero-order valence-corrected chi connectivity index (χ0v) is 18.7. The quantitative estimate of drug-likeness (QED) is 0.353. The van der Waals surface area contributed by atoms with E-state index in [1.807, 2.05) is 42.9 Å². The third-order valence-corrected chi connectivity index (χ3v) is 5.74. The van der Waals surface area contributed by atoms with Crippen molar-refractivity contribution < 1.29 is 0 Å². The van der Waals surface area contributed by atoms with Crippen molar-refractivity contribution in [1.29, 1.82) is 0 Å². The van der Waals surface area contributed by atoms with Gasteiger partial charge in [-0.3, -0.25) is 9.36 Å². The first kappa shape index (κ1) is 22.1. The molecule has 1 aromatic heterocycles. The Morgan fingerprint density at radius 1 is 0.833 bits per heavy atom. The number of fused-ring (bicyclic) bond motifs is 1. The molecular weight excluding hydrogens is 370 g/mol. The number of benzene rings is 2. The summed E-state index contributed by atoms with van der Waals surface area (Å²) in [6, 6.07) is 16.0. The molecule has 0 spiro atoms. The van der Waals surface area contributed by atoms with Crippen LogP contribution in [0.1, 0.15) is 58.3 Å². The minimum atomic E-state index is 0.0650. The third-order valence-electron chi connectivity index (χ3n) is 5.74. The maximum absolute atomic E-state index is 13.3. The first-order valence-corrected chi connectivity index (χ1v) is 11.4. The van der Waals surface area contributed by atoms with E-state index in [0.717, 1.165) is 42.0 Å². The molecule has 0 atom stereocenters. The summed E-state index contributed by atoms with van der Waals surface area (Å²) in [5.74, 6) is 0.770. The van der Waals surface area contributed by atoms with Gasteiger partial charge in [-0.2, -0.15) is 0 Å². The Morgan fingerprint density at radius 2 is 1.47 bits per heavy atom. The molecule has 0 unspecified atom stereocenters. The number of anilines is 1. The Balaban J connectivity index is 1.80. The number of rotatable bonds is 11. The molecule has 160 valence electrons. The summed E-state index contributed by atoms with van der Waals surface area (Å²) in [6.07, 6.45) is 10.0. The van der Waals surface area contributed by atoms with Crippen molar-refractivity contribution in [3.05, 3.63) is 58.9 Å². The molecule has 0 aliphatic rings. The lowest BCUT2D eigenvalue weighted by Gasteiger charge is -2.16. The van der Waals surface area contributed by atoms with Gasteiger partial charge in [-0.15, -0.1) is 0 Å². The van der Waals surface area contributed by atoms with Crippen molar-refractivity contribution in [1.82, 2.24) is 9.55 Å². The van der Waals surface area contributed by atoms with Crippen molar-refractivity contribution in [2.24, 2.45) is 0 Å². The van der Waals surface area contributed by atoms with Gasteiger partial charge in [0.25, 0.3) is 5.56 Å². The minimum absolute atomic E-state index is 0.0650. The highest BCUT2D eigenvalue weighted by atomic mass is 16.1. The van der Waals surface area contributed by atoms with Crippen LogP contribution in [0.25, 0.3) is 22.3 Å². The highest BCUT2D eigenvalue weighted by molar-refractivity contribution is 5.79. The number of nitrogens with zero attached hydrogens (tertiary/aromatic N) is 3. The fourth-order valence-corrected chi connectivity index (χ4v) is 3.91. The second kappa shape index (κ2) is 11.0. The maximum Gasteiger partial charge on any atom is 0.261 e. The Morgan fingerprint density at radius 3 is 2.13 bits per heavy atom. The van der Waals surface area contributed by atoms with Crippen LogP contribution >= 0.6 is 0 Å². The number of para-hydroxylation sites is 1. The molecule has 0 radical (unpaired) electrons. The molecule has 0 saturated heterocycles. The first-order valence-electron chi connectivity index (χ1n) is 11.4. The summed E-state index contributed by atoms with van der Waals surface area (Å²) in [6.45, 7) is 2.97. The van der Waals surface area contributed by atoms with Crippen LogP contribution in [-0.4, -0.2) is 23.6 Å². The molecule has 0 bridgehead atoms. The average molecular weight is 406 g/mol. The average Bonchev–Trinajstić information content (AvgIpc) is 2.77. The minimum Gasteiger partial charge on any atom is -0.378 e. The second-order valence-electron chi connectivity index (χ2n) is 8.33. The van der Waals surface area contributed by atoms with Crippen LogP contribution in [-0.2, 0) is 6.54 Å². The monoisotopic (exact) mass is 405 g/mol. The van der Waals surface area contributed by atoms with Crippen LogP contribution in [0.2, 0.25) is 0 Å². The molecule has 30 heavy (non-hydrogen) atoms. The van der Waals surface area contributed by atoms with Gasteiger partial charge in [-0.25, -0.2) is 4.98 Å². The van der Waals surface area contributed by atoms with Crippen molar-refractivity contribution in [2.75, 3.05) is 19.0 Å². The molecule has 4 heteroatoms. The highest BCUT2D eigenvalue weighted by Gasteiger charge is 2.12. The molecule has 0 amide bonds. The molecule has 0 fully saturated rings. The predicted octanol–water partition coefficient (Wildman–Crippen LogP) is 6.27. The fraction of sp³-hybridized carbons (Fsp3) is 0.462. The van der Waals surface area contributed by atoms with Gasteiger partial charge in [0, 0.05) is 31.9 Å². The lowest BCUT2D eigenvalue weighted by Crippen LogP contribution is -2.23. The summed E-state index contributed by atoms with van der Waals surface area (Å²) < 4.78 is 1.88. The summed E-state index contributed by atoms with van der Waals surface area (Å²) in [5, 5.41) is 0.700. The van der Waals surface area contributed by atoms with E-state index in [1.165, 1.54) is 38.5 Å². The van der Waals surface area contributed by atoms with Gasteiger partial charge in [-0.1, -0.05) is 64.0 Å². The van der Waals surface area contributed by atoms with Crippen LogP contribution in [0.5, 0.6) is 0 Å². The van der Waals surface area contributed by atoms with Gasteiger partial charge >= 0.3 is 0 Å². The standard InChI is InChI=1S/C26H35N3O/c1-4-5-6-7-8-9-10-13-20-29-25(21-16-18-22(19-17-21)28(2)3)27-24-15-12-11-14-23(24)26(29)30/h11-12,14-19H,4-10,13,20H2,1-3H3. The van der Waals surface area contributed by atoms with Crippen LogP contribution < -0.4 is 10.5 Å². The predicted molar refractivity (Wildman–Crippen MR) is 128 cm³/mol. The normalized spacial score (nSPS) is 11.2.